The van der Waals surface area contributed by atoms with E-state index in [1.54, 1.807) is 58.3 Å². The molecule has 4 aromatic rings. The molecule has 2 aliphatic rings. The molecule has 12 heteroatoms. The van der Waals surface area contributed by atoms with Crippen molar-refractivity contribution in [3.63, 3.8) is 0 Å². The highest BCUT2D eigenvalue weighted by Gasteiger charge is 2.39. The number of sulfone groups is 1. The van der Waals surface area contributed by atoms with Crippen molar-refractivity contribution in [1.29, 1.82) is 0 Å². The van der Waals surface area contributed by atoms with E-state index in [2.05, 4.69) is 10.3 Å². The standard InChI is InChI=1S/C28H24Cl2N4O4S2/c1-16-12-25(21-9-11-39-28(21)40(16,37)38)34-15-24(31-32-34)18-8-10-33(14-18)27(36)20-5-3-2-4-19(20)26(35)17-6-7-22(29)23(30)13-17/h2-7,9,11,13,15-16,18,25H,8,10,12,14H2,1H3/t16-,18?,25-/m0/s1. The summed E-state index contributed by atoms with van der Waals surface area (Å²) in [5.41, 5.74) is 2.49. The van der Waals surface area contributed by atoms with Gasteiger partial charge < -0.3 is 4.90 Å². The molecular weight excluding hydrogens is 591 g/mol. The Balaban J connectivity index is 1.20. The Morgan fingerprint density at radius 1 is 1.05 bits per heavy atom. The Hall–Kier alpha value is -3.05. The lowest BCUT2D eigenvalue weighted by Crippen LogP contribution is -2.30. The van der Waals surface area contributed by atoms with Crippen molar-refractivity contribution in [3.05, 3.63) is 98.1 Å². The molecule has 2 aromatic carbocycles. The van der Waals surface area contributed by atoms with Crippen molar-refractivity contribution in [3.8, 4) is 0 Å². The lowest BCUT2D eigenvalue weighted by Gasteiger charge is -2.27. The van der Waals surface area contributed by atoms with Crippen molar-refractivity contribution in [2.24, 2.45) is 0 Å². The summed E-state index contributed by atoms with van der Waals surface area (Å²) in [5.74, 6) is -0.562. The summed E-state index contributed by atoms with van der Waals surface area (Å²) in [6, 6.07) is 13.1. The fourth-order valence-corrected chi connectivity index (χ4v) is 8.94. The van der Waals surface area contributed by atoms with Gasteiger partial charge in [0.05, 0.1) is 32.6 Å². The quantitative estimate of drug-likeness (QED) is 0.269. The van der Waals surface area contributed by atoms with E-state index in [1.807, 2.05) is 12.3 Å². The van der Waals surface area contributed by atoms with E-state index in [0.717, 1.165) is 11.3 Å². The molecular formula is C28H24Cl2N4O4S2. The zero-order valence-electron chi connectivity index (χ0n) is 21.3. The lowest BCUT2D eigenvalue weighted by molar-refractivity contribution is 0.0786. The fraction of sp³-hybridized carbons (Fsp3) is 0.286. The van der Waals surface area contributed by atoms with Gasteiger partial charge >= 0.3 is 0 Å². The Morgan fingerprint density at radius 2 is 1.82 bits per heavy atom. The van der Waals surface area contributed by atoms with Crippen LogP contribution in [0.15, 0.2) is 64.3 Å². The number of benzene rings is 2. The summed E-state index contributed by atoms with van der Waals surface area (Å²) in [4.78, 5) is 28.6. The van der Waals surface area contributed by atoms with Crippen LogP contribution in [0.1, 0.15) is 69.3 Å². The van der Waals surface area contributed by atoms with Crippen LogP contribution in [0.4, 0.5) is 0 Å². The van der Waals surface area contributed by atoms with Crippen LogP contribution in [0, 0.1) is 0 Å². The molecule has 1 amide bonds. The SMILES string of the molecule is C[C@H]1C[C@H](n2cc(C3CCN(C(=O)c4ccccc4C(=O)c4ccc(Cl)c(Cl)c4)C3)nn2)c2ccsc2S1(=O)=O. The molecule has 3 atom stereocenters. The maximum absolute atomic E-state index is 13.6. The summed E-state index contributed by atoms with van der Waals surface area (Å²) in [6.07, 6.45) is 3.00. The van der Waals surface area contributed by atoms with Gasteiger partial charge in [0, 0.05) is 41.9 Å². The van der Waals surface area contributed by atoms with Gasteiger partial charge in [-0.05, 0) is 55.5 Å². The summed E-state index contributed by atoms with van der Waals surface area (Å²) in [5, 5.41) is 10.7. The number of amides is 1. The normalized spacial score (nSPS) is 21.8. The molecule has 0 N–H and O–H groups in total. The number of thiophene rings is 1. The zero-order chi connectivity index (χ0) is 28.2. The molecule has 0 bridgehead atoms. The number of fused-ring (bicyclic) bond motifs is 1. The van der Waals surface area contributed by atoms with Crippen molar-refractivity contribution in [2.75, 3.05) is 13.1 Å². The number of carbonyl (C=O) groups is 2. The number of ketones is 1. The second-order valence-corrected chi connectivity index (χ2v) is 14.4. The number of aromatic nitrogens is 3. The van der Waals surface area contributed by atoms with Crippen LogP contribution in [0.25, 0.3) is 0 Å². The minimum Gasteiger partial charge on any atom is -0.338 e. The average Bonchev–Trinajstić information content (AvgIpc) is 3.73. The second kappa shape index (κ2) is 10.4. The van der Waals surface area contributed by atoms with E-state index in [1.165, 1.54) is 17.4 Å². The largest absolute Gasteiger partial charge is 0.338 e. The Morgan fingerprint density at radius 3 is 2.60 bits per heavy atom. The van der Waals surface area contributed by atoms with Crippen molar-refractivity contribution in [1.82, 2.24) is 19.9 Å². The molecule has 2 aliphatic heterocycles. The lowest BCUT2D eigenvalue weighted by atomic mass is 9.97. The van der Waals surface area contributed by atoms with Crippen LogP contribution in [0.3, 0.4) is 0 Å². The van der Waals surface area contributed by atoms with Gasteiger partial charge in [-0.1, -0.05) is 46.6 Å². The van der Waals surface area contributed by atoms with Gasteiger partial charge in [0.1, 0.15) is 4.21 Å². The smallest absolute Gasteiger partial charge is 0.254 e. The van der Waals surface area contributed by atoms with Crippen LogP contribution in [-0.2, 0) is 9.84 Å². The summed E-state index contributed by atoms with van der Waals surface area (Å²) < 4.78 is 27.6. The molecule has 1 fully saturated rings. The van der Waals surface area contributed by atoms with E-state index in [4.69, 9.17) is 23.2 Å². The van der Waals surface area contributed by atoms with Gasteiger partial charge in [-0.25, -0.2) is 13.1 Å². The van der Waals surface area contributed by atoms with Crippen LogP contribution in [0.2, 0.25) is 10.0 Å². The van der Waals surface area contributed by atoms with Gasteiger partial charge in [-0.2, -0.15) is 0 Å². The fourth-order valence-electron chi connectivity index (χ4n) is 5.43. The first-order chi connectivity index (χ1) is 19.1. The van der Waals surface area contributed by atoms with E-state index in [9.17, 15) is 18.0 Å². The molecule has 1 saturated heterocycles. The van der Waals surface area contributed by atoms with E-state index < -0.39 is 15.1 Å². The van der Waals surface area contributed by atoms with E-state index in [-0.39, 0.29) is 28.7 Å². The Bertz CT molecular complexity index is 1750. The summed E-state index contributed by atoms with van der Waals surface area (Å²) in [7, 11) is -3.33. The first kappa shape index (κ1) is 27.1. The molecule has 0 saturated carbocycles. The molecule has 0 spiro atoms. The molecule has 40 heavy (non-hydrogen) atoms. The predicted octanol–water partition coefficient (Wildman–Crippen LogP) is 5.66. The first-order valence-electron chi connectivity index (χ1n) is 12.8. The number of hydrogen-bond donors (Lipinski definition) is 0. The van der Waals surface area contributed by atoms with Gasteiger partial charge in [0.2, 0.25) is 0 Å². The molecule has 0 radical (unpaired) electrons. The van der Waals surface area contributed by atoms with Gasteiger partial charge in [-0.15, -0.1) is 16.4 Å². The van der Waals surface area contributed by atoms with Crippen LogP contribution < -0.4 is 0 Å². The van der Waals surface area contributed by atoms with Gasteiger partial charge in [-0.3, -0.25) is 9.59 Å². The molecule has 2 aromatic heterocycles. The topological polar surface area (TPSA) is 102 Å². The maximum atomic E-state index is 13.6. The number of halogens is 2. The molecule has 6 rings (SSSR count). The molecule has 8 nitrogen and oxygen atoms in total. The minimum atomic E-state index is -3.33. The first-order valence-corrected chi connectivity index (χ1v) is 15.9. The summed E-state index contributed by atoms with van der Waals surface area (Å²) in [6.45, 7) is 2.68. The monoisotopic (exact) mass is 614 g/mol. The maximum Gasteiger partial charge on any atom is 0.254 e. The minimum absolute atomic E-state index is 0.0256. The predicted molar refractivity (Wildman–Crippen MR) is 153 cm³/mol. The highest BCUT2D eigenvalue weighted by atomic mass is 35.5. The number of rotatable bonds is 5. The zero-order valence-corrected chi connectivity index (χ0v) is 24.5. The highest BCUT2D eigenvalue weighted by Crippen LogP contribution is 2.41. The van der Waals surface area contributed by atoms with Crippen molar-refractivity contribution < 1.29 is 18.0 Å². The third-order valence-electron chi connectivity index (χ3n) is 7.69. The third kappa shape index (κ3) is 4.66. The van der Waals surface area contributed by atoms with Gasteiger partial charge in [0.15, 0.2) is 15.6 Å². The van der Waals surface area contributed by atoms with Gasteiger partial charge in [0.25, 0.3) is 5.91 Å². The average molecular weight is 616 g/mol. The molecule has 1 unspecified atom stereocenters. The molecule has 0 aliphatic carbocycles. The number of nitrogens with zero attached hydrogens (tertiary/aromatic N) is 4. The van der Waals surface area contributed by atoms with E-state index >= 15 is 0 Å². The third-order valence-corrected chi connectivity index (χ3v) is 12.1. The number of carbonyl (C=O) groups excluding carboxylic acids is 2. The van der Waals surface area contributed by atoms with E-state index in [0.29, 0.717) is 51.9 Å². The molecule has 206 valence electrons. The Kier molecular flexibility index (Phi) is 7.06. The number of hydrogen-bond acceptors (Lipinski definition) is 7. The van der Waals surface area contributed by atoms with Crippen molar-refractivity contribution >= 4 is 56.1 Å². The highest BCUT2D eigenvalue weighted by molar-refractivity contribution is 7.94. The second-order valence-electron chi connectivity index (χ2n) is 10.1. The van der Waals surface area contributed by atoms with Crippen LogP contribution in [-0.4, -0.2) is 58.3 Å². The van der Waals surface area contributed by atoms with Crippen molar-refractivity contribution in [2.45, 2.75) is 41.2 Å². The number of likely N-dealkylation sites (tertiary alicyclic amines) is 1. The van der Waals surface area contributed by atoms with Crippen LogP contribution >= 0.6 is 34.5 Å². The Labute approximate surface area is 245 Å². The molecule has 4 heterocycles. The summed E-state index contributed by atoms with van der Waals surface area (Å²) >= 11 is 13.4. The van der Waals surface area contributed by atoms with Crippen LogP contribution in [0.5, 0.6) is 0 Å².